The van der Waals surface area contributed by atoms with Crippen LogP contribution in [0.4, 0.5) is 0 Å². The molecule has 0 spiro atoms. The molecule has 0 unspecified atom stereocenters. The Morgan fingerprint density at radius 2 is 1.91 bits per heavy atom. The number of hydrogen-bond acceptors (Lipinski definition) is 6. The third-order valence-electron chi connectivity index (χ3n) is 3.41. The third kappa shape index (κ3) is 3.09. The van der Waals surface area contributed by atoms with Crippen LogP contribution in [0.5, 0.6) is 0 Å². The highest BCUT2D eigenvalue weighted by Gasteiger charge is 2.12. The van der Waals surface area contributed by atoms with Crippen molar-refractivity contribution in [2.45, 2.75) is 13.3 Å². The van der Waals surface area contributed by atoms with E-state index in [4.69, 9.17) is 4.52 Å². The predicted molar refractivity (Wildman–Crippen MR) is 92.7 cm³/mol. The Morgan fingerprint density at radius 3 is 2.70 bits per heavy atom. The van der Waals surface area contributed by atoms with Gasteiger partial charge in [0.2, 0.25) is 11.7 Å². The van der Waals surface area contributed by atoms with E-state index < -0.39 is 0 Å². The van der Waals surface area contributed by atoms with Crippen LogP contribution in [-0.4, -0.2) is 15.1 Å². The molecular formula is C17H13N3OS2. The van der Waals surface area contributed by atoms with E-state index in [2.05, 4.69) is 38.9 Å². The van der Waals surface area contributed by atoms with Crippen molar-refractivity contribution in [3.05, 3.63) is 63.6 Å². The Bertz CT molecular complexity index is 908. The minimum absolute atomic E-state index is 0.564. The van der Waals surface area contributed by atoms with Crippen molar-refractivity contribution in [2.75, 3.05) is 0 Å². The van der Waals surface area contributed by atoms with Gasteiger partial charge in [0.25, 0.3) is 0 Å². The van der Waals surface area contributed by atoms with Crippen LogP contribution in [0.2, 0.25) is 0 Å². The van der Waals surface area contributed by atoms with E-state index >= 15 is 0 Å². The fourth-order valence-electron chi connectivity index (χ4n) is 2.21. The highest BCUT2D eigenvalue weighted by molar-refractivity contribution is 7.14. The average molecular weight is 339 g/mol. The lowest BCUT2D eigenvalue weighted by Crippen LogP contribution is -1.88. The topological polar surface area (TPSA) is 51.8 Å². The van der Waals surface area contributed by atoms with E-state index in [0.717, 1.165) is 16.3 Å². The fourth-order valence-corrected chi connectivity index (χ4v) is 3.75. The first kappa shape index (κ1) is 14.3. The number of thiazole rings is 1. The Morgan fingerprint density at radius 1 is 1.04 bits per heavy atom. The van der Waals surface area contributed by atoms with Crippen molar-refractivity contribution >= 4 is 22.7 Å². The van der Waals surface area contributed by atoms with Gasteiger partial charge >= 0.3 is 0 Å². The van der Waals surface area contributed by atoms with Gasteiger partial charge in [-0.1, -0.05) is 41.1 Å². The second kappa shape index (κ2) is 6.06. The summed E-state index contributed by atoms with van der Waals surface area (Å²) in [7, 11) is 0. The summed E-state index contributed by atoms with van der Waals surface area (Å²) in [5, 5.41) is 9.16. The van der Waals surface area contributed by atoms with Crippen LogP contribution in [0.1, 0.15) is 16.5 Å². The number of thiophene rings is 1. The molecule has 0 aliphatic rings. The lowest BCUT2D eigenvalue weighted by atomic mass is 10.1. The van der Waals surface area contributed by atoms with Gasteiger partial charge in [-0.2, -0.15) is 4.98 Å². The summed E-state index contributed by atoms with van der Waals surface area (Å²) in [6, 6.07) is 12.2. The number of benzene rings is 1. The molecule has 0 atom stereocenters. The smallest absolute Gasteiger partial charge is 0.233 e. The highest BCUT2D eigenvalue weighted by Crippen LogP contribution is 2.27. The molecule has 0 fully saturated rings. The minimum atomic E-state index is 0.564. The van der Waals surface area contributed by atoms with Gasteiger partial charge < -0.3 is 4.52 Å². The molecule has 1 aromatic carbocycles. The predicted octanol–water partition coefficient (Wildman–Crippen LogP) is 4.82. The van der Waals surface area contributed by atoms with Crippen molar-refractivity contribution in [3.8, 4) is 22.0 Å². The quantitative estimate of drug-likeness (QED) is 0.535. The molecular weight excluding hydrogens is 326 g/mol. The summed E-state index contributed by atoms with van der Waals surface area (Å²) >= 11 is 3.31. The molecule has 4 nitrogen and oxygen atoms in total. The number of nitrogens with zero attached hydrogens (tertiary/aromatic N) is 3. The van der Waals surface area contributed by atoms with Gasteiger partial charge in [-0.15, -0.1) is 22.7 Å². The van der Waals surface area contributed by atoms with Gasteiger partial charge in [0.15, 0.2) is 0 Å². The van der Waals surface area contributed by atoms with Gasteiger partial charge in [0, 0.05) is 10.9 Å². The van der Waals surface area contributed by atoms with Crippen molar-refractivity contribution < 1.29 is 4.52 Å². The molecule has 4 aromatic rings. The van der Waals surface area contributed by atoms with Crippen molar-refractivity contribution in [1.29, 1.82) is 0 Å². The van der Waals surface area contributed by atoms with Gasteiger partial charge in [-0.05, 0) is 18.4 Å². The Labute approximate surface area is 141 Å². The Hall–Kier alpha value is -2.31. The number of hydrogen-bond donors (Lipinski definition) is 0. The normalized spacial score (nSPS) is 11.0. The molecule has 0 aliphatic heterocycles. The van der Waals surface area contributed by atoms with Crippen LogP contribution >= 0.6 is 22.7 Å². The highest BCUT2D eigenvalue weighted by atomic mass is 32.1. The van der Waals surface area contributed by atoms with E-state index in [9.17, 15) is 0 Å². The summed E-state index contributed by atoms with van der Waals surface area (Å²) < 4.78 is 5.36. The lowest BCUT2D eigenvalue weighted by molar-refractivity contribution is 0.385. The van der Waals surface area contributed by atoms with Gasteiger partial charge in [-0.3, -0.25) is 0 Å². The largest absolute Gasteiger partial charge is 0.339 e. The molecule has 0 saturated carbocycles. The first-order valence-electron chi connectivity index (χ1n) is 7.16. The molecule has 3 heterocycles. The van der Waals surface area contributed by atoms with E-state index in [1.165, 1.54) is 10.4 Å². The fraction of sp³-hybridized carbons (Fsp3) is 0.118. The van der Waals surface area contributed by atoms with Crippen LogP contribution in [0.25, 0.3) is 22.0 Å². The van der Waals surface area contributed by atoms with Crippen LogP contribution in [0, 0.1) is 6.92 Å². The van der Waals surface area contributed by atoms with Crippen LogP contribution in [0.15, 0.2) is 51.7 Å². The Balaban J connectivity index is 1.53. The maximum atomic E-state index is 5.36. The average Bonchev–Trinajstić information content (AvgIpc) is 3.29. The van der Waals surface area contributed by atoms with E-state index in [1.54, 1.807) is 22.7 Å². The molecule has 3 aromatic heterocycles. The van der Waals surface area contributed by atoms with Gasteiger partial charge in [-0.25, -0.2) is 4.98 Å². The second-order valence-electron chi connectivity index (χ2n) is 5.16. The van der Waals surface area contributed by atoms with E-state index in [0.29, 0.717) is 18.1 Å². The first-order valence-corrected chi connectivity index (χ1v) is 8.92. The van der Waals surface area contributed by atoms with Crippen LogP contribution in [0.3, 0.4) is 0 Å². The molecule has 23 heavy (non-hydrogen) atoms. The standard InChI is InChI=1S/C17H13N3OS2/c1-11-4-6-12(7-5-11)17-19-15(21-20-17)9-16-18-13(10-23-16)14-3-2-8-22-14/h2-8,10H,9H2,1H3. The molecule has 0 radical (unpaired) electrons. The minimum Gasteiger partial charge on any atom is -0.339 e. The maximum absolute atomic E-state index is 5.36. The third-order valence-corrected chi connectivity index (χ3v) is 5.15. The number of aromatic nitrogens is 3. The monoisotopic (exact) mass is 339 g/mol. The summed E-state index contributed by atoms with van der Waals surface area (Å²) in [5.74, 6) is 1.21. The molecule has 0 bridgehead atoms. The maximum Gasteiger partial charge on any atom is 0.233 e. The molecule has 0 N–H and O–H groups in total. The summed E-state index contributed by atoms with van der Waals surface area (Å²) in [6.45, 7) is 2.05. The second-order valence-corrected chi connectivity index (χ2v) is 7.05. The molecule has 0 saturated heterocycles. The van der Waals surface area contributed by atoms with Crippen LogP contribution in [-0.2, 0) is 6.42 Å². The SMILES string of the molecule is Cc1ccc(-c2noc(Cc3nc(-c4cccs4)cs3)n2)cc1. The number of rotatable bonds is 4. The molecule has 0 aliphatic carbocycles. The number of aryl methyl sites for hydroxylation is 1. The van der Waals surface area contributed by atoms with Crippen molar-refractivity contribution in [3.63, 3.8) is 0 Å². The van der Waals surface area contributed by atoms with Crippen molar-refractivity contribution in [2.24, 2.45) is 0 Å². The van der Waals surface area contributed by atoms with E-state index in [1.807, 2.05) is 30.3 Å². The van der Waals surface area contributed by atoms with E-state index in [-0.39, 0.29) is 0 Å². The van der Waals surface area contributed by atoms with Crippen molar-refractivity contribution in [1.82, 2.24) is 15.1 Å². The molecule has 6 heteroatoms. The van der Waals surface area contributed by atoms with Crippen LogP contribution < -0.4 is 0 Å². The molecule has 0 amide bonds. The van der Waals surface area contributed by atoms with Gasteiger partial charge in [0.1, 0.15) is 5.01 Å². The summed E-state index contributed by atoms with van der Waals surface area (Å²) in [6.07, 6.45) is 0.564. The molecule has 114 valence electrons. The zero-order valence-electron chi connectivity index (χ0n) is 12.4. The lowest BCUT2D eigenvalue weighted by Gasteiger charge is -1.94. The van der Waals surface area contributed by atoms with Gasteiger partial charge in [0.05, 0.1) is 17.0 Å². The zero-order valence-corrected chi connectivity index (χ0v) is 14.0. The summed E-state index contributed by atoms with van der Waals surface area (Å²) in [4.78, 5) is 10.3. The Kier molecular flexibility index (Phi) is 3.77. The first-order chi connectivity index (χ1) is 11.3. The summed E-state index contributed by atoms with van der Waals surface area (Å²) in [5.41, 5.74) is 3.18. The zero-order chi connectivity index (χ0) is 15.6. The molecule has 4 rings (SSSR count).